The predicted octanol–water partition coefficient (Wildman–Crippen LogP) is 0.209. The number of hydrogen-bond donors (Lipinski definition) is 4. The number of aromatic hydroxyl groups is 1. The Kier molecular flexibility index (Phi) is 5.09. The molecule has 5 heteroatoms. The minimum absolute atomic E-state index is 0.0994. The molecule has 0 spiro atoms. The fraction of sp³-hybridized carbons (Fsp3) is 0.417. The molecule has 0 amide bonds. The van der Waals surface area contributed by atoms with Gasteiger partial charge in [-0.3, -0.25) is 4.79 Å². The van der Waals surface area contributed by atoms with Crippen LogP contribution in [0.4, 0.5) is 0 Å². The molecule has 0 heterocycles. The first-order valence-corrected chi connectivity index (χ1v) is 5.39. The van der Waals surface area contributed by atoms with Gasteiger partial charge in [-0.05, 0) is 26.1 Å². The second-order valence-electron chi connectivity index (χ2n) is 3.81. The Morgan fingerprint density at radius 3 is 2.71 bits per heavy atom. The highest BCUT2D eigenvalue weighted by Crippen LogP contribution is 2.29. The van der Waals surface area contributed by atoms with E-state index in [-0.39, 0.29) is 16.9 Å². The summed E-state index contributed by atoms with van der Waals surface area (Å²) in [6.45, 7) is 0.548. The van der Waals surface area contributed by atoms with Gasteiger partial charge in [-0.25, -0.2) is 0 Å². The Hall–Kier alpha value is -1.43. The summed E-state index contributed by atoms with van der Waals surface area (Å²) in [5, 5.41) is 32.1. The number of benzene rings is 1. The predicted molar refractivity (Wildman–Crippen MR) is 63.0 cm³/mol. The van der Waals surface area contributed by atoms with E-state index in [0.29, 0.717) is 19.3 Å². The SMILES string of the molecule is CNCCC(O)C(O)c1cccc(C=O)c1O. The van der Waals surface area contributed by atoms with Crippen LogP contribution in [-0.4, -0.2) is 41.3 Å². The van der Waals surface area contributed by atoms with E-state index >= 15 is 0 Å². The largest absolute Gasteiger partial charge is 0.507 e. The summed E-state index contributed by atoms with van der Waals surface area (Å²) in [5.74, 6) is -0.279. The molecule has 2 atom stereocenters. The van der Waals surface area contributed by atoms with Crippen LogP contribution in [0.1, 0.15) is 28.4 Å². The highest BCUT2D eigenvalue weighted by atomic mass is 16.3. The fourth-order valence-electron chi connectivity index (χ4n) is 1.57. The lowest BCUT2D eigenvalue weighted by Gasteiger charge is -2.19. The lowest BCUT2D eigenvalue weighted by atomic mass is 9.99. The van der Waals surface area contributed by atoms with E-state index < -0.39 is 12.2 Å². The van der Waals surface area contributed by atoms with Gasteiger partial charge >= 0.3 is 0 Å². The zero-order chi connectivity index (χ0) is 12.8. The summed E-state index contributed by atoms with van der Waals surface area (Å²) < 4.78 is 0. The first-order valence-electron chi connectivity index (χ1n) is 5.39. The molecule has 2 unspecified atom stereocenters. The first kappa shape index (κ1) is 13.6. The lowest BCUT2D eigenvalue weighted by molar-refractivity contribution is 0.0127. The number of aliphatic hydroxyl groups is 2. The Balaban J connectivity index is 2.88. The summed E-state index contributed by atoms with van der Waals surface area (Å²) in [6, 6.07) is 4.47. The highest BCUT2D eigenvalue weighted by molar-refractivity contribution is 5.80. The van der Waals surface area contributed by atoms with Crippen LogP contribution in [0.3, 0.4) is 0 Å². The maximum atomic E-state index is 10.6. The maximum Gasteiger partial charge on any atom is 0.153 e. The van der Waals surface area contributed by atoms with Crippen molar-refractivity contribution in [2.24, 2.45) is 0 Å². The normalized spacial score (nSPS) is 14.3. The molecular weight excluding hydrogens is 222 g/mol. The molecular formula is C12H17NO4. The molecule has 94 valence electrons. The maximum absolute atomic E-state index is 10.6. The van der Waals surface area contributed by atoms with Crippen molar-refractivity contribution in [3.8, 4) is 5.75 Å². The Bertz CT molecular complexity index is 381. The Morgan fingerprint density at radius 2 is 2.12 bits per heavy atom. The van der Waals surface area contributed by atoms with Crippen LogP contribution in [0, 0.1) is 0 Å². The number of aliphatic hydroxyl groups excluding tert-OH is 2. The van der Waals surface area contributed by atoms with E-state index in [2.05, 4.69) is 5.32 Å². The number of phenolic OH excluding ortho intramolecular Hbond substituents is 1. The average molecular weight is 239 g/mol. The molecule has 4 N–H and O–H groups in total. The van der Waals surface area contributed by atoms with Crippen molar-refractivity contribution in [1.82, 2.24) is 5.32 Å². The van der Waals surface area contributed by atoms with Crippen LogP contribution in [0.2, 0.25) is 0 Å². The van der Waals surface area contributed by atoms with Gasteiger partial charge < -0.3 is 20.6 Å². The average Bonchev–Trinajstić information content (AvgIpc) is 2.35. The Morgan fingerprint density at radius 1 is 1.41 bits per heavy atom. The second-order valence-corrected chi connectivity index (χ2v) is 3.81. The third kappa shape index (κ3) is 3.26. The van der Waals surface area contributed by atoms with Crippen LogP contribution in [0.5, 0.6) is 5.75 Å². The number of aldehydes is 1. The number of hydrogen-bond acceptors (Lipinski definition) is 5. The van der Waals surface area contributed by atoms with Gasteiger partial charge in [0.15, 0.2) is 6.29 Å². The summed E-state index contributed by atoms with van der Waals surface area (Å²) in [7, 11) is 1.74. The molecule has 1 aromatic rings. The summed E-state index contributed by atoms with van der Waals surface area (Å²) >= 11 is 0. The van der Waals surface area contributed by atoms with Crippen molar-refractivity contribution in [2.75, 3.05) is 13.6 Å². The molecule has 17 heavy (non-hydrogen) atoms. The van der Waals surface area contributed by atoms with E-state index in [1.54, 1.807) is 13.1 Å². The smallest absolute Gasteiger partial charge is 0.153 e. The lowest BCUT2D eigenvalue weighted by Crippen LogP contribution is -2.23. The number of para-hydroxylation sites is 1. The zero-order valence-corrected chi connectivity index (χ0v) is 9.63. The molecule has 1 rings (SSSR count). The van der Waals surface area contributed by atoms with E-state index in [0.717, 1.165) is 0 Å². The zero-order valence-electron chi connectivity index (χ0n) is 9.63. The van der Waals surface area contributed by atoms with Crippen molar-refractivity contribution < 1.29 is 20.1 Å². The van der Waals surface area contributed by atoms with Crippen molar-refractivity contribution in [3.05, 3.63) is 29.3 Å². The van der Waals surface area contributed by atoms with E-state index in [9.17, 15) is 20.1 Å². The minimum Gasteiger partial charge on any atom is -0.507 e. The molecule has 0 aliphatic rings. The van der Waals surface area contributed by atoms with E-state index in [4.69, 9.17) is 0 Å². The molecule has 1 aromatic carbocycles. The van der Waals surface area contributed by atoms with Crippen molar-refractivity contribution in [2.45, 2.75) is 18.6 Å². The standard InChI is InChI=1S/C12H17NO4/c1-13-6-5-10(15)12(17)9-4-2-3-8(7-14)11(9)16/h2-4,7,10,12-13,15-17H,5-6H2,1H3. The number of rotatable bonds is 6. The molecule has 0 bridgehead atoms. The van der Waals surface area contributed by atoms with Gasteiger partial charge in [0.1, 0.15) is 11.9 Å². The quantitative estimate of drug-likeness (QED) is 0.533. The van der Waals surface area contributed by atoms with Gasteiger partial charge in [0.2, 0.25) is 0 Å². The van der Waals surface area contributed by atoms with Gasteiger partial charge in [0.25, 0.3) is 0 Å². The van der Waals surface area contributed by atoms with Crippen LogP contribution >= 0.6 is 0 Å². The number of carbonyl (C=O) groups excluding carboxylic acids is 1. The highest BCUT2D eigenvalue weighted by Gasteiger charge is 2.21. The summed E-state index contributed by atoms with van der Waals surface area (Å²) in [6.07, 6.45) is -1.34. The monoisotopic (exact) mass is 239 g/mol. The van der Waals surface area contributed by atoms with Crippen molar-refractivity contribution in [3.63, 3.8) is 0 Å². The molecule has 0 aliphatic heterocycles. The van der Waals surface area contributed by atoms with Crippen molar-refractivity contribution >= 4 is 6.29 Å². The van der Waals surface area contributed by atoms with E-state index in [1.807, 2.05) is 0 Å². The first-order chi connectivity index (χ1) is 8.11. The molecule has 0 fully saturated rings. The second kappa shape index (κ2) is 6.34. The molecule has 5 nitrogen and oxygen atoms in total. The molecule has 0 aromatic heterocycles. The van der Waals surface area contributed by atoms with Gasteiger partial charge in [0, 0.05) is 5.56 Å². The van der Waals surface area contributed by atoms with Crippen LogP contribution in [-0.2, 0) is 0 Å². The van der Waals surface area contributed by atoms with Gasteiger partial charge in [0.05, 0.1) is 11.7 Å². The van der Waals surface area contributed by atoms with Crippen LogP contribution in [0.15, 0.2) is 18.2 Å². The van der Waals surface area contributed by atoms with Gasteiger partial charge in [-0.1, -0.05) is 12.1 Å². The van der Waals surface area contributed by atoms with Crippen LogP contribution in [0.25, 0.3) is 0 Å². The van der Waals surface area contributed by atoms with Crippen molar-refractivity contribution in [1.29, 1.82) is 0 Å². The third-order valence-electron chi connectivity index (χ3n) is 2.60. The molecule has 0 aliphatic carbocycles. The molecule has 0 radical (unpaired) electrons. The summed E-state index contributed by atoms with van der Waals surface area (Å²) in [4.78, 5) is 10.6. The topological polar surface area (TPSA) is 89.8 Å². The number of phenols is 1. The fourth-order valence-corrected chi connectivity index (χ4v) is 1.57. The van der Waals surface area contributed by atoms with E-state index in [1.165, 1.54) is 12.1 Å². The van der Waals surface area contributed by atoms with Crippen LogP contribution < -0.4 is 5.32 Å². The number of carbonyl (C=O) groups is 1. The third-order valence-corrected chi connectivity index (χ3v) is 2.60. The number of nitrogens with one attached hydrogen (secondary N) is 1. The molecule has 0 saturated carbocycles. The van der Waals surface area contributed by atoms with Gasteiger partial charge in [-0.15, -0.1) is 0 Å². The minimum atomic E-state index is -1.21. The Labute approximate surface area is 99.7 Å². The van der Waals surface area contributed by atoms with Gasteiger partial charge in [-0.2, -0.15) is 0 Å². The summed E-state index contributed by atoms with van der Waals surface area (Å²) in [5.41, 5.74) is 0.264. The molecule has 0 saturated heterocycles.